The molecular weight excluding hydrogens is 236 g/mol. The minimum atomic E-state index is 0.141. The summed E-state index contributed by atoms with van der Waals surface area (Å²) in [4.78, 5) is 12.0. The van der Waals surface area contributed by atoms with Crippen LogP contribution in [0.5, 0.6) is 5.75 Å². The molecule has 0 bridgehead atoms. The quantitative estimate of drug-likeness (QED) is 0.734. The van der Waals surface area contributed by atoms with Crippen LogP contribution < -0.4 is 4.74 Å². The SMILES string of the molecule is CCOc1cc(C)c(C(=O)CC(C)C)cc1Cl. The lowest BCUT2D eigenvalue weighted by Gasteiger charge is -2.11. The molecule has 1 aromatic carbocycles. The number of halogens is 1. The van der Waals surface area contributed by atoms with E-state index >= 15 is 0 Å². The molecule has 1 aromatic rings. The number of aryl methyl sites for hydroxylation is 1. The lowest BCUT2D eigenvalue weighted by Crippen LogP contribution is -2.06. The van der Waals surface area contributed by atoms with Crippen LogP contribution in [0.2, 0.25) is 5.02 Å². The van der Waals surface area contributed by atoms with E-state index in [2.05, 4.69) is 0 Å². The molecule has 2 nitrogen and oxygen atoms in total. The summed E-state index contributed by atoms with van der Waals surface area (Å²) in [7, 11) is 0. The van der Waals surface area contributed by atoms with E-state index < -0.39 is 0 Å². The number of rotatable bonds is 5. The van der Waals surface area contributed by atoms with Crippen LogP contribution in [-0.2, 0) is 0 Å². The first kappa shape index (κ1) is 14.0. The summed E-state index contributed by atoms with van der Waals surface area (Å²) in [6.07, 6.45) is 0.547. The second kappa shape index (κ2) is 6.06. The molecule has 0 amide bonds. The second-order valence-electron chi connectivity index (χ2n) is 4.55. The lowest BCUT2D eigenvalue weighted by atomic mass is 9.97. The van der Waals surface area contributed by atoms with Gasteiger partial charge in [0.25, 0.3) is 0 Å². The van der Waals surface area contributed by atoms with Gasteiger partial charge in [-0.1, -0.05) is 25.4 Å². The summed E-state index contributed by atoms with van der Waals surface area (Å²) in [6.45, 7) is 8.45. The number of Topliss-reactive ketones (excluding diaryl/α,β-unsaturated/α-hetero) is 1. The highest BCUT2D eigenvalue weighted by molar-refractivity contribution is 6.32. The van der Waals surface area contributed by atoms with E-state index in [4.69, 9.17) is 16.3 Å². The number of carbonyl (C=O) groups is 1. The Bertz CT molecular complexity index is 411. The molecule has 0 N–H and O–H groups in total. The number of benzene rings is 1. The van der Waals surface area contributed by atoms with Crippen molar-refractivity contribution in [3.8, 4) is 5.75 Å². The molecule has 0 heterocycles. The molecule has 0 saturated heterocycles. The van der Waals surface area contributed by atoms with E-state index in [0.717, 1.165) is 5.56 Å². The Morgan fingerprint density at radius 1 is 1.41 bits per heavy atom. The number of hydrogen-bond donors (Lipinski definition) is 0. The van der Waals surface area contributed by atoms with Gasteiger partial charge in [0.1, 0.15) is 5.75 Å². The van der Waals surface area contributed by atoms with Crippen molar-refractivity contribution in [3.05, 3.63) is 28.3 Å². The number of ketones is 1. The molecule has 0 spiro atoms. The molecule has 94 valence electrons. The van der Waals surface area contributed by atoms with Gasteiger partial charge in [0.2, 0.25) is 0 Å². The standard InChI is InChI=1S/C14H19ClO2/c1-5-17-14-7-10(4)11(8-12(14)15)13(16)6-9(2)3/h7-9H,5-6H2,1-4H3. The van der Waals surface area contributed by atoms with E-state index in [-0.39, 0.29) is 5.78 Å². The van der Waals surface area contributed by atoms with Gasteiger partial charge in [0.05, 0.1) is 11.6 Å². The van der Waals surface area contributed by atoms with Gasteiger partial charge in [-0.15, -0.1) is 0 Å². The summed E-state index contributed by atoms with van der Waals surface area (Å²) in [5, 5.41) is 0.504. The van der Waals surface area contributed by atoms with Crippen LogP contribution in [0.1, 0.15) is 43.1 Å². The fourth-order valence-electron chi connectivity index (χ4n) is 1.70. The van der Waals surface area contributed by atoms with Gasteiger partial charge < -0.3 is 4.74 Å². The highest BCUT2D eigenvalue weighted by Crippen LogP contribution is 2.29. The summed E-state index contributed by atoms with van der Waals surface area (Å²) in [5.74, 6) is 1.14. The number of ether oxygens (including phenoxy) is 1. The summed E-state index contributed by atoms with van der Waals surface area (Å²) in [5.41, 5.74) is 1.62. The van der Waals surface area contributed by atoms with E-state index in [1.165, 1.54) is 0 Å². The van der Waals surface area contributed by atoms with Crippen LogP contribution in [0.3, 0.4) is 0 Å². The average Bonchev–Trinajstić information content (AvgIpc) is 2.22. The Morgan fingerprint density at radius 3 is 2.59 bits per heavy atom. The first-order valence-electron chi connectivity index (χ1n) is 5.91. The molecular formula is C14H19ClO2. The van der Waals surface area contributed by atoms with E-state index in [9.17, 15) is 4.79 Å². The maximum Gasteiger partial charge on any atom is 0.163 e. The average molecular weight is 255 g/mol. The van der Waals surface area contributed by atoms with Crippen LogP contribution in [-0.4, -0.2) is 12.4 Å². The Hall–Kier alpha value is -1.02. The molecule has 0 aliphatic rings. The van der Waals surface area contributed by atoms with E-state index in [1.54, 1.807) is 6.07 Å². The zero-order valence-electron chi connectivity index (χ0n) is 10.8. The number of hydrogen-bond acceptors (Lipinski definition) is 2. The highest BCUT2D eigenvalue weighted by atomic mass is 35.5. The van der Waals surface area contributed by atoms with Gasteiger partial charge in [-0.05, 0) is 37.5 Å². The number of carbonyl (C=O) groups excluding carboxylic acids is 1. The summed E-state index contributed by atoms with van der Waals surface area (Å²) in [6, 6.07) is 3.55. The van der Waals surface area contributed by atoms with Crippen LogP contribution in [0.4, 0.5) is 0 Å². The predicted octanol–water partition coefficient (Wildman–Crippen LogP) is 4.28. The normalized spacial score (nSPS) is 10.7. The van der Waals surface area contributed by atoms with Gasteiger partial charge >= 0.3 is 0 Å². The van der Waals surface area contributed by atoms with Gasteiger partial charge in [-0.2, -0.15) is 0 Å². The van der Waals surface area contributed by atoms with Gasteiger partial charge in [0, 0.05) is 12.0 Å². The Kier molecular flexibility index (Phi) is 5.01. The zero-order valence-corrected chi connectivity index (χ0v) is 11.6. The predicted molar refractivity (Wildman–Crippen MR) is 71.1 cm³/mol. The maximum absolute atomic E-state index is 12.0. The van der Waals surface area contributed by atoms with Crippen LogP contribution in [0, 0.1) is 12.8 Å². The first-order valence-corrected chi connectivity index (χ1v) is 6.29. The molecule has 3 heteroatoms. The van der Waals surface area contributed by atoms with E-state index in [0.29, 0.717) is 35.3 Å². The van der Waals surface area contributed by atoms with Gasteiger partial charge in [-0.25, -0.2) is 0 Å². The molecule has 0 aliphatic heterocycles. The molecule has 0 fully saturated rings. The van der Waals surface area contributed by atoms with Crippen LogP contribution in [0.15, 0.2) is 12.1 Å². The first-order chi connectivity index (χ1) is 7.95. The van der Waals surface area contributed by atoms with E-state index in [1.807, 2.05) is 33.8 Å². The largest absolute Gasteiger partial charge is 0.492 e. The Labute approximate surface area is 108 Å². The third-order valence-corrected chi connectivity index (χ3v) is 2.77. The smallest absolute Gasteiger partial charge is 0.163 e. The lowest BCUT2D eigenvalue weighted by molar-refractivity contribution is 0.0967. The maximum atomic E-state index is 12.0. The van der Waals surface area contributed by atoms with Crippen molar-refractivity contribution in [1.29, 1.82) is 0 Å². The van der Waals surface area contributed by atoms with Gasteiger partial charge in [-0.3, -0.25) is 4.79 Å². The van der Waals surface area contributed by atoms with Crippen molar-refractivity contribution in [2.24, 2.45) is 5.92 Å². The summed E-state index contributed by atoms with van der Waals surface area (Å²) >= 11 is 6.08. The topological polar surface area (TPSA) is 26.3 Å². The molecule has 0 unspecified atom stereocenters. The van der Waals surface area contributed by atoms with Crippen LogP contribution in [0.25, 0.3) is 0 Å². The van der Waals surface area contributed by atoms with Crippen molar-refractivity contribution in [2.75, 3.05) is 6.61 Å². The van der Waals surface area contributed by atoms with Crippen molar-refractivity contribution < 1.29 is 9.53 Å². The summed E-state index contributed by atoms with van der Waals surface area (Å²) < 4.78 is 5.39. The fourth-order valence-corrected chi connectivity index (χ4v) is 1.92. The minimum absolute atomic E-state index is 0.141. The Balaban J connectivity index is 3.02. The molecule has 17 heavy (non-hydrogen) atoms. The van der Waals surface area contributed by atoms with Crippen molar-refractivity contribution in [1.82, 2.24) is 0 Å². The second-order valence-corrected chi connectivity index (χ2v) is 4.96. The van der Waals surface area contributed by atoms with Crippen molar-refractivity contribution >= 4 is 17.4 Å². The molecule has 0 atom stereocenters. The van der Waals surface area contributed by atoms with Crippen molar-refractivity contribution in [2.45, 2.75) is 34.1 Å². The minimum Gasteiger partial charge on any atom is -0.492 e. The monoisotopic (exact) mass is 254 g/mol. The Morgan fingerprint density at radius 2 is 2.06 bits per heavy atom. The third kappa shape index (κ3) is 3.74. The zero-order chi connectivity index (χ0) is 13.0. The molecule has 0 aromatic heterocycles. The molecule has 1 rings (SSSR count). The van der Waals surface area contributed by atoms with Gasteiger partial charge in [0.15, 0.2) is 5.78 Å². The molecule has 0 radical (unpaired) electrons. The molecule has 0 aliphatic carbocycles. The molecule has 0 saturated carbocycles. The van der Waals surface area contributed by atoms with Crippen LogP contribution >= 0.6 is 11.6 Å². The third-order valence-electron chi connectivity index (χ3n) is 2.47. The fraction of sp³-hybridized carbons (Fsp3) is 0.500. The highest BCUT2D eigenvalue weighted by Gasteiger charge is 2.14. The van der Waals surface area contributed by atoms with Crippen molar-refractivity contribution in [3.63, 3.8) is 0 Å².